The van der Waals surface area contributed by atoms with Crippen molar-refractivity contribution in [2.24, 2.45) is 0 Å². The zero-order valence-corrected chi connectivity index (χ0v) is 8.70. The first kappa shape index (κ1) is 10.7. The largest absolute Gasteiger partial charge is 0.497 e. The smallest absolute Gasteiger partial charge is 0.179 e. The van der Waals surface area contributed by atoms with Crippen molar-refractivity contribution in [2.45, 2.75) is 13.0 Å². The third-order valence-electron chi connectivity index (χ3n) is 2.18. The average Bonchev–Trinajstić information content (AvgIpc) is 2.27. The van der Waals surface area contributed by atoms with Crippen LogP contribution in [0.25, 0.3) is 0 Å². The van der Waals surface area contributed by atoms with Crippen molar-refractivity contribution in [3.05, 3.63) is 29.8 Å². The van der Waals surface area contributed by atoms with Crippen molar-refractivity contribution in [1.82, 2.24) is 5.32 Å². The lowest BCUT2D eigenvalue weighted by molar-refractivity contribution is 0.0954. The summed E-state index contributed by atoms with van der Waals surface area (Å²) >= 11 is 0. The molecule has 1 unspecified atom stereocenters. The molecule has 0 spiro atoms. The third-order valence-corrected chi connectivity index (χ3v) is 2.18. The summed E-state index contributed by atoms with van der Waals surface area (Å²) in [5.74, 6) is 0.783. The molecule has 0 bridgehead atoms. The first-order chi connectivity index (χ1) is 6.69. The maximum absolute atomic E-state index is 11.7. The number of hydrogen-bond acceptors (Lipinski definition) is 3. The number of methoxy groups -OCH3 is 1. The second-order valence-electron chi connectivity index (χ2n) is 3.11. The van der Waals surface area contributed by atoms with E-state index in [1.54, 1.807) is 26.3 Å². The molecular formula is C11H15NO2. The predicted molar refractivity (Wildman–Crippen MR) is 55.8 cm³/mol. The molecule has 1 aromatic rings. The van der Waals surface area contributed by atoms with Gasteiger partial charge in [0, 0.05) is 5.56 Å². The van der Waals surface area contributed by atoms with E-state index >= 15 is 0 Å². The van der Waals surface area contributed by atoms with Crippen LogP contribution < -0.4 is 10.1 Å². The average molecular weight is 193 g/mol. The Morgan fingerprint density at radius 3 is 2.79 bits per heavy atom. The molecule has 0 aliphatic carbocycles. The first-order valence-electron chi connectivity index (χ1n) is 4.54. The van der Waals surface area contributed by atoms with E-state index < -0.39 is 0 Å². The van der Waals surface area contributed by atoms with Gasteiger partial charge in [0.25, 0.3) is 0 Å². The minimum absolute atomic E-state index is 0.0754. The van der Waals surface area contributed by atoms with E-state index in [1.807, 2.05) is 19.1 Å². The highest BCUT2D eigenvalue weighted by Gasteiger charge is 2.12. The molecular weight excluding hydrogens is 178 g/mol. The van der Waals surface area contributed by atoms with Crippen LogP contribution >= 0.6 is 0 Å². The van der Waals surface area contributed by atoms with Crippen LogP contribution in [0.15, 0.2) is 24.3 Å². The number of carbonyl (C=O) groups excluding carboxylic acids is 1. The second-order valence-corrected chi connectivity index (χ2v) is 3.11. The molecule has 0 radical (unpaired) electrons. The maximum Gasteiger partial charge on any atom is 0.179 e. The van der Waals surface area contributed by atoms with E-state index in [1.165, 1.54) is 0 Å². The second kappa shape index (κ2) is 4.77. The standard InChI is InChI=1S/C11H15NO2/c1-8(12-2)11(13)9-5-4-6-10(7-9)14-3/h4-8,12H,1-3H3. The summed E-state index contributed by atoms with van der Waals surface area (Å²) in [5.41, 5.74) is 0.672. The highest BCUT2D eigenvalue weighted by molar-refractivity contribution is 6.00. The number of likely N-dealkylation sites (N-methyl/N-ethyl adjacent to an activating group) is 1. The fourth-order valence-corrected chi connectivity index (χ4v) is 1.16. The van der Waals surface area contributed by atoms with Crippen LogP contribution in [0.3, 0.4) is 0 Å². The number of Topliss-reactive ketones (excluding diaryl/α,β-unsaturated/α-hetero) is 1. The number of ether oxygens (including phenoxy) is 1. The molecule has 0 heterocycles. The van der Waals surface area contributed by atoms with Crippen molar-refractivity contribution in [3.63, 3.8) is 0 Å². The molecule has 0 aliphatic heterocycles. The van der Waals surface area contributed by atoms with Gasteiger partial charge in [-0.05, 0) is 26.1 Å². The lowest BCUT2D eigenvalue weighted by Crippen LogP contribution is -2.30. The molecule has 1 N–H and O–H groups in total. The minimum atomic E-state index is -0.165. The van der Waals surface area contributed by atoms with E-state index in [0.717, 1.165) is 0 Å². The van der Waals surface area contributed by atoms with E-state index in [2.05, 4.69) is 5.32 Å². The van der Waals surface area contributed by atoms with Crippen molar-refractivity contribution in [2.75, 3.05) is 14.2 Å². The Morgan fingerprint density at radius 1 is 1.50 bits per heavy atom. The molecule has 1 atom stereocenters. The van der Waals surface area contributed by atoms with Crippen LogP contribution in [-0.4, -0.2) is 26.0 Å². The van der Waals surface area contributed by atoms with Crippen molar-refractivity contribution >= 4 is 5.78 Å². The van der Waals surface area contributed by atoms with Crippen LogP contribution in [-0.2, 0) is 0 Å². The molecule has 1 rings (SSSR count). The fraction of sp³-hybridized carbons (Fsp3) is 0.364. The molecule has 1 aromatic carbocycles. The quantitative estimate of drug-likeness (QED) is 0.736. The maximum atomic E-state index is 11.7. The molecule has 0 aromatic heterocycles. The zero-order chi connectivity index (χ0) is 10.6. The van der Waals surface area contributed by atoms with Crippen LogP contribution in [0, 0.1) is 0 Å². The van der Waals surface area contributed by atoms with E-state index in [4.69, 9.17) is 4.74 Å². The lowest BCUT2D eigenvalue weighted by Gasteiger charge is -2.09. The number of nitrogens with one attached hydrogen (secondary N) is 1. The number of carbonyl (C=O) groups is 1. The highest BCUT2D eigenvalue weighted by atomic mass is 16.5. The zero-order valence-electron chi connectivity index (χ0n) is 8.70. The van der Waals surface area contributed by atoms with Gasteiger partial charge < -0.3 is 10.1 Å². The van der Waals surface area contributed by atoms with Crippen LogP contribution in [0.1, 0.15) is 17.3 Å². The van der Waals surface area contributed by atoms with Gasteiger partial charge in [-0.1, -0.05) is 12.1 Å². The normalized spacial score (nSPS) is 12.2. The molecule has 0 aliphatic rings. The number of ketones is 1. The fourth-order valence-electron chi connectivity index (χ4n) is 1.16. The number of benzene rings is 1. The topological polar surface area (TPSA) is 38.3 Å². The molecule has 0 fully saturated rings. The third kappa shape index (κ3) is 2.33. The van der Waals surface area contributed by atoms with Gasteiger partial charge in [0.2, 0.25) is 0 Å². The van der Waals surface area contributed by atoms with Gasteiger partial charge in [-0.15, -0.1) is 0 Å². The summed E-state index contributed by atoms with van der Waals surface area (Å²) in [6.45, 7) is 1.84. The van der Waals surface area contributed by atoms with Gasteiger partial charge in [0.15, 0.2) is 5.78 Å². The van der Waals surface area contributed by atoms with Gasteiger partial charge in [0.1, 0.15) is 5.75 Å². The monoisotopic (exact) mass is 193 g/mol. The molecule has 0 saturated heterocycles. The van der Waals surface area contributed by atoms with Gasteiger partial charge in [0.05, 0.1) is 13.2 Å². The summed E-state index contributed by atoms with van der Waals surface area (Å²) in [7, 11) is 3.35. The molecule has 14 heavy (non-hydrogen) atoms. The predicted octanol–water partition coefficient (Wildman–Crippen LogP) is 1.49. The lowest BCUT2D eigenvalue weighted by atomic mass is 10.1. The van der Waals surface area contributed by atoms with E-state index in [0.29, 0.717) is 11.3 Å². The molecule has 3 nitrogen and oxygen atoms in total. The van der Waals surface area contributed by atoms with Crippen LogP contribution in [0.2, 0.25) is 0 Å². The summed E-state index contributed by atoms with van der Waals surface area (Å²) in [6, 6.07) is 7.01. The Bertz CT molecular complexity index is 323. The molecule has 3 heteroatoms. The van der Waals surface area contributed by atoms with Crippen molar-refractivity contribution in [3.8, 4) is 5.75 Å². The molecule has 76 valence electrons. The molecule has 0 saturated carbocycles. The summed E-state index contributed by atoms with van der Waals surface area (Å²) in [6.07, 6.45) is 0. The van der Waals surface area contributed by atoms with Gasteiger partial charge in [-0.25, -0.2) is 0 Å². The van der Waals surface area contributed by atoms with E-state index in [-0.39, 0.29) is 11.8 Å². The summed E-state index contributed by atoms with van der Waals surface area (Å²) in [4.78, 5) is 11.7. The van der Waals surface area contributed by atoms with Crippen LogP contribution in [0.4, 0.5) is 0 Å². The highest BCUT2D eigenvalue weighted by Crippen LogP contribution is 2.13. The summed E-state index contributed by atoms with van der Waals surface area (Å²) < 4.78 is 5.05. The minimum Gasteiger partial charge on any atom is -0.497 e. The summed E-state index contributed by atoms with van der Waals surface area (Å²) in [5, 5.41) is 2.91. The Morgan fingerprint density at radius 2 is 2.21 bits per heavy atom. The Hall–Kier alpha value is -1.35. The molecule has 0 amide bonds. The number of hydrogen-bond donors (Lipinski definition) is 1. The Labute approximate surface area is 84.1 Å². The van der Waals surface area contributed by atoms with Gasteiger partial charge in [-0.2, -0.15) is 0 Å². The number of rotatable bonds is 4. The van der Waals surface area contributed by atoms with Crippen LogP contribution in [0.5, 0.6) is 5.75 Å². The SMILES string of the molecule is CNC(C)C(=O)c1cccc(OC)c1. The van der Waals surface area contributed by atoms with Gasteiger partial charge in [-0.3, -0.25) is 4.79 Å². The Kier molecular flexibility index (Phi) is 3.65. The Balaban J connectivity index is 2.90. The van der Waals surface area contributed by atoms with Crippen molar-refractivity contribution in [1.29, 1.82) is 0 Å². The van der Waals surface area contributed by atoms with Gasteiger partial charge >= 0.3 is 0 Å². The van der Waals surface area contributed by atoms with Crippen molar-refractivity contribution < 1.29 is 9.53 Å². The first-order valence-corrected chi connectivity index (χ1v) is 4.54. The van der Waals surface area contributed by atoms with E-state index in [9.17, 15) is 4.79 Å².